The fourth-order valence-corrected chi connectivity index (χ4v) is 5.19. The molecule has 0 bridgehead atoms. The predicted molar refractivity (Wildman–Crippen MR) is 104 cm³/mol. The fraction of sp³-hybridized carbons (Fsp3) is 0.611. The maximum Gasteiger partial charge on any atom is 0.252 e. The number of likely N-dealkylation sites (N-methyl/N-ethyl adjacent to an activating group) is 1. The Bertz CT molecular complexity index is 742. The fourth-order valence-electron chi connectivity index (χ4n) is 3.28. The van der Waals surface area contributed by atoms with E-state index in [1.807, 2.05) is 19.0 Å². The minimum Gasteiger partial charge on any atom is -0.351 e. The van der Waals surface area contributed by atoms with Gasteiger partial charge < -0.3 is 10.2 Å². The van der Waals surface area contributed by atoms with E-state index in [0.717, 1.165) is 6.42 Å². The Morgan fingerprint density at radius 3 is 2.46 bits per heavy atom. The number of nitrogens with zero attached hydrogens (tertiary/aromatic N) is 2. The summed E-state index contributed by atoms with van der Waals surface area (Å²) in [6, 6.07) is 4.33. The number of amides is 1. The van der Waals surface area contributed by atoms with Crippen molar-refractivity contribution in [3.05, 3.63) is 28.8 Å². The van der Waals surface area contributed by atoms with Crippen molar-refractivity contribution in [3.63, 3.8) is 0 Å². The van der Waals surface area contributed by atoms with Crippen LogP contribution < -0.4 is 5.32 Å². The number of piperidine rings is 1. The molecule has 146 valence electrons. The van der Waals surface area contributed by atoms with Crippen LogP contribution >= 0.6 is 11.6 Å². The molecule has 0 spiro atoms. The van der Waals surface area contributed by atoms with Gasteiger partial charge in [0.15, 0.2) is 0 Å². The van der Waals surface area contributed by atoms with Gasteiger partial charge in [-0.2, -0.15) is 4.31 Å². The number of carbonyl (C=O) groups is 1. The van der Waals surface area contributed by atoms with Crippen molar-refractivity contribution in [3.8, 4) is 0 Å². The van der Waals surface area contributed by atoms with Crippen molar-refractivity contribution in [2.45, 2.75) is 25.2 Å². The molecule has 1 saturated heterocycles. The summed E-state index contributed by atoms with van der Waals surface area (Å²) in [7, 11) is 0.171. The summed E-state index contributed by atoms with van der Waals surface area (Å²) >= 11 is 6.14. The third-order valence-corrected chi connectivity index (χ3v) is 6.66. The lowest BCUT2D eigenvalue weighted by atomic mass is 9.94. The van der Waals surface area contributed by atoms with Gasteiger partial charge in [0.05, 0.1) is 15.5 Å². The van der Waals surface area contributed by atoms with Crippen LogP contribution in [0.4, 0.5) is 0 Å². The number of hydrogen-bond donors (Lipinski definition) is 1. The van der Waals surface area contributed by atoms with E-state index in [-0.39, 0.29) is 21.4 Å². The van der Waals surface area contributed by atoms with Crippen LogP contribution in [0.2, 0.25) is 5.02 Å². The third-order valence-electron chi connectivity index (χ3n) is 4.50. The molecule has 1 aliphatic rings. The molecule has 0 radical (unpaired) electrons. The van der Waals surface area contributed by atoms with Gasteiger partial charge in [0.25, 0.3) is 5.91 Å². The largest absolute Gasteiger partial charge is 0.351 e. The molecule has 1 fully saturated rings. The summed E-state index contributed by atoms with van der Waals surface area (Å²) in [6.07, 6.45) is 1.02. The molecule has 0 aromatic heterocycles. The number of halogens is 1. The highest BCUT2D eigenvalue weighted by molar-refractivity contribution is 7.89. The predicted octanol–water partition coefficient (Wildman–Crippen LogP) is 2.30. The van der Waals surface area contributed by atoms with Crippen molar-refractivity contribution < 1.29 is 13.2 Å². The van der Waals surface area contributed by atoms with E-state index in [0.29, 0.717) is 38.0 Å². The normalized spacial score (nSPS) is 21.8. The van der Waals surface area contributed by atoms with Crippen molar-refractivity contribution in [2.24, 2.45) is 11.8 Å². The Hall–Kier alpha value is -1.15. The number of sulfonamides is 1. The molecule has 2 rings (SSSR count). The lowest BCUT2D eigenvalue weighted by Crippen LogP contribution is -2.42. The van der Waals surface area contributed by atoms with E-state index in [9.17, 15) is 13.2 Å². The SMILES string of the molecule is C[C@@H]1C[C@@H](C)CN(S(=O)(=O)c2ccc(Cl)c(C(=O)NCCN(C)C)c2)C1. The van der Waals surface area contributed by atoms with Gasteiger partial charge in [0.2, 0.25) is 10.0 Å². The molecule has 1 heterocycles. The summed E-state index contributed by atoms with van der Waals surface area (Å²) < 4.78 is 27.5. The van der Waals surface area contributed by atoms with E-state index in [2.05, 4.69) is 19.2 Å². The van der Waals surface area contributed by atoms with Gasteiger partial charge in [-0.25, -0.2) is 8.42 Å². The first-order valence-corrected chi connectivity index (χ1v) is 10.7. The lowest BCUT2D eigenvalue weighted by Gasteiger charge is -2.34. The second-order valence-electron chi connectivity index (χ2n) is 7.47. The van der Waals surface area contributed by atoms with Gasteiger partial charge in [0, 0.05) is 26.2 Å². The summed E-state index contributed by atoms with van der Waals surface area (Å²) in [5.74, 6) is 0.263. The van der Waals surface area contributed by atoms with Crippen molar-refractivity contribution >= 4 is 27.5 Å². The Balaban J connectivity index is 2.23. The topological polar surface area (TPSA) is 69.7 Å². The van der Waals surface area contributed by atoms with Crippen LogP contribution in [0, 0.1) is 11.8 Å². The molecule has 0 saturated carbocycles. The van der Waals surface area contributed by atoms with Gasteiger partial charge in [-0.1, -0.05) is 25.4 Å². The van der Waals surface area contributed by atoms with Crippen molar-refractivity contribution in [1.82, 2.24) is 14.5 Å². The van der Waals surface area contributed by atoms with Crippen LogP contribution in [0.25, 0.3) is 0 Å². The summed E-state index contributed by atoms with van der Waals surface area (Å²) in [5.41, 5.74) is 0.185. The van der Waals surface area contributed by atoms with Crippen LogP contribution in [0.5, 0.6) is 0 Å². The second kappa shape index (κ2) is 8.69. The van der Waals surface area contributed by atoms with E-state index < -0.39 is 10.0 Å². The van der Waals surface area contributed by atoms with E-state index in [4.69, 9.17) is 11.6 Å². The number of carbonyl (C=O) groups excluding carboxylic acids is 1. The Morgan fingerprint density at radius 2 is 1.88 bits per heavy atom. The lowest BCUT2D eigenvalue weighted by molar-refractivity contribution is 0.0951. The first kappa shape index (κ1) is 21.2. The average Bonchev–Trinajstić information content (AvgIpc) is 2.53. The van der Waals surface area contributed by atoms with Crippen LogP contribution in [-0.4, -0.2) is 63.8 Å². The zero-order chi connectivity index (χ0) is 19.5. The molecule has 2 atom stereocenters. The van der Waals surface area contributed by atoms with Gasteiger partial charge >= 0.3 is 0 Å². The number of rotatable bonds is 6. The smallest absolute Gasteiger partial charge is 0.252 e. The monoisotopic (exact) mass is 401 g/mol. The number of benzene rings is 1. The van der Waals surface area contributed by atoms with Crippen molar-refractivity contribution in [2.75, 3.05) is 40.3 Å². The van der Waals surface area contributed by atoms with Gasteiger partial charge in [-0.15, -0.1) is 0 Å². The summed E-state index contributed by atoms with van der Waals surface area (Å²) in [6.45, 7) is 6.26. The van der Waals surface area contributed by atoms with E-state index in [1.54, 1.807) is 0 Å². The van der Waals surface area contributed by atoms with Crippen LogP contribution in [0.1, 0.15) is 30.6 Å². The first-order valence-electron chi connectivity index (χ1n) is 8.84. The highest BCUT2D eigenvalue weighted by Gasteiger charge is 2.32. The van der Waals surface area contributed by atoms with Gasteiger partial charge in [0.1, 0.15) is 0 Å². The summed E-state index contributed by atoms with van der Waals surface area (Å²) in [5, 5.41) is 3.01. The molecule has 1 amide bonds. The molecule has 26 heavy (non-hydrogen) atoms. The third kappa shape index (κ3) is 5.19. The Labute approximate surface area is 161 Å². The Morgan fingerprint density at radius 1 is 1.27 bits per heavy atom. The number of nitrogens with one attached hydrogen (secondary N) is 1. The molecular formula is C18H28ClN3O3S. The average molecular weight is 402 g/mol. The highest BCUT2D eigenvalue weighted by atomic mass is 35.5. The molecule has 6 nitrogen and oxygen atoms in total. The van der Waals surface area contributed by atoms with Gasteiger partial charge in [-0.05, 0) is 50.6 Å². The van der Waals surface area contributed by atoms with Crippen LogP contribution in [0.15, 0.2) is 23.1 Å². The molecule has 1 N–H and O–H groups in total. The van der Waals surface area contributed by atoms with Gasteiger partial charge in [-0.3, -0.25) is 4.79 Å². The molecule has 8 heteroatoms. The minimum atomic E-state index is -3.65. The number of hydrogen-bond acceptors (Lipinski definition) is 4. The highest BCUT2D eigenvalue weighted by Crippen LogP contribution is 2.28. The maximum absolute atomic E-state index is 13.0. The molecule has 0 aliphatic carbocycles. The second-order valence-corrected chi connectivity index (χ2v) is 9.81. The van der Waals surface area contributed by atoms with E-state index in [1.165, 1.54) is 22.5 Å². The van der Waals surface area contributed by atoms with E-state index >= 15 is 0 Å². The first-order chi connectivity index (χ1) is 12.1. The molecule has 1 aliphatic heterocycles. The Kier molecular flexibility index (Phi) is 7.07. The van der Waals surface area contributed by atoms with Crippen molar-refractivity contribution in [1.29, 1.82) is 0 Å². The standard InChI is InChI=1S/C18H28ClN3O3S/c1-13-9-14(2)12-22(11-13)26(24,25)15-5-6-17(19)16(10-15)18(23)20-7-8-21(3)4/h5-6,10,13-14H,7-9,11-12H2,1-4H3,(H,20,23)/t13-,14-/m1/s1. The molecule has 1 aromatic rings. The quantitative estimate of drug-likeness (QED) is 0.794. The van der Waals surface area contributed by atoms with Crippen LogP contribution in [0.3, 0.4) is 0 Å². The zero-order valence-corrected chi connectivity index (χ0v) is 17.4. The van der Waals surface area contributed by atoms with Crippen LogP contribution in [-0.2, 0) is 10.0 Å². The molecule has 1 aromatic carbocycles. The summed E-state index contributed by atoms with van der Waals surface area (Å²) in [4.78, 5) is 14.4. The minimum absolute atomic E-state index is 0.112. The molecular weight excluding hydrogens is 374 g/mol. The molecule has 0 unspecified atom stereocenters. The zero-order valence-electron chi connectivity index (χ0n) is 15.8. The maximum atomic E-state index is 13.0.